The van der Waals surface area contributed by atoms with Crippen molar-refractivity contribution in [2.24, 2.45) is 5.92 Å². The van der Waals surface area contributed by atoms with Crippen LogP contribution in [-0.4, -0.2) is 54.1 Å². The number of piperidine rings is 1. The minimum Gasteiger partial charge on any atom is -0.304 e. The first-order valence-electron chi connectivity index (χ1n) is 8.15. The molecule has 0 atom stereocenters. The Hall–Kier alpha value is -0.930. The van der Waals surface area contributed by atoms with Gasteiger partial charge in [0.2, 0.25) is 0 Å². The van der Waals surface area contributed by atoms with Crippen LogP contribution in [0.1, 0.15) is 32.3 Å². The zero-order chi connectivity index (χ0) is 14.2. The second kappa shape index (κ2) is 8.38. The van der Waals surface area contributed by atoms with Gasteiger partial charge in [0.15, 0.2) is 0 Å². The highest BCUT2D eigenvalue weighted by molar-refractivity contribution is 5.09. The third-order valence-corrected chi connectivity index (χ3v) is 4.58. The molecule has 0 aliphatic carbocycles. The largest absolute Gasteiger partial charge is 0.304 e. The highest BCUT2D eigenvalue weighted by Crippen LogP contribution is 2.18. The molecule has 1 aliphatic heterocycles. The van der Waals surface area contributed by atoms with Gasteiger partial charge >= 0.3 is 0 Å². The van der Waals surface area contributed by atoms with E-state index in [1.807, 2.05) is 12.4 Å². The van der Waals surface area contributed by atoms with E-state index in [9.17, 15) is 0 Å². The van der Waals surface area contributed by atoms with Crippen LogP contribution in [0.25, 0.3) is 0 Å². The van der Waals surface area contributed by atoms with Gasteiger partial charge < -0.3 is 9.80 Å². The Balaban J connectivity index is 1.66. The highest BCUT2D eigenvalue weighted by atomic mass is 15.1. The van der Waals surface area contributed by atoms with Crippen LogP contribution >= 0.6 is 0 Å². The van der Waals surface area contributed by atoms with Crippen LogP contribution in [-0.2, 0) is 6.42 Å². The van der Waals surface area contributed by atoms with Crippen molar-refractivity contribution in [3.63, 3.8) is 0 Å². The second-order valence-corrected chi connectivity index (χ2v) is 5.88. The Bertz CT molecular complexity index is 354. The predicted octanol–water partition coefficient (Wildman–Crippen LogP) is 2.68. The van der Waals surface area contributed by atoms with E-state index in [0.29, 0.717) is 0 Å². The van der Waals surface area contributed by atoms with Gasteiger partial charge in [0.25, 0.3) is 0 Å². The predicted molar refractivity (Wildman–Crippen MR) is 84.9 cm³/mol. The molecule has 1 aliphatic rings. The van der Waals surface area contributed by atoms with E-state index < -0.39 is 0 Å². The monoisotopic (exact) mass is 275 g/mol. The number of likely N-dealkylation sites (tertiary alicyclic amines) is 1. The lowest BCUT2D eigenvalue weighted by Crippen LogP contribution is -2.39. The summed E-state index contributed by atoms with van der Waals surface area (Å²) in [5.74, 6) is 0.909. The Kier molecular flexibility index (Phi) is 6.48. The van der Waals surface area contributed by atoms with Crippen LogP contribution < -0.4 is 0 Å². The lowest BCUT2D eigenvalue weighted by molar-refractivity contribution is 0.149. The summed E-state index contributed by atoms with van der Waals surface area (Å²) in [6.45, 7) is 12.0. The van der Waals surface area contributed by atoms with Gasteiger partial charge in [0, 0.05) is 25.5 Å². The quantitative estimate of drug-likeness (QED) is 0.762. The molecule has 112 valence electrons. The molecular weight excluding hydrogens is 246 g/mol. The van der Waals surface area contributed by atoms with E-state index in [-0.39, 0.29) is 0 Å². The molecule has 3 nitrogen and oxygen atoms in total. The topological polar surface area (TPSA) is 19.4 Å². The van der Waals surface area contributed by atoms with Crippen molar-refractivity contribution in [1.29, 1.82) is 0 Å². The Morgan fingerprint density at radius 1 is 1.15 bits per heavy atom. The highest BCUT2D eigenvalue weighted by Gasteiger charge is 2.20. The van der Waals surface area contributed by atoms with Crippen molar-refractivity contribution in [2.75, 3.05) is 39.3 Å². The Morgan fingerprint density at radius 3 is 2.40 bits per heavy atom. The molecule has 3 heteroatoms. The van der Waals surface area contributed by atoms with Crippen LogP contribution in [0, 0.1) is 5.92 Å². The molecule has 0 aromatic carbocycles. The van der Waals surface area contributed by atoms with Crippen molar-refractivity contribution in [3.8, 4) is 0 Å². The maximum Gasteiger partial charge on any atom is 0.0270 e. The van der Waals surface area contributed by atoms with Gasteiger partial charge in [-0.25, -0.2) is 0 Å². The lowest BCUT2D eigenvalue weighted by atomic mass is 9.96. The van der Waals surface area contributed by atoms with E-state index in [1.165, 1.54) is 57.7 Å². The van der Waals surface area contributed by atoms with Gasteiger partial charge in [-0.2, -0.15) is 0 Å². The molecule has 0 radical (unpaired) electrons. The van der Waals surface area contributed by atoms with Crippen molar-refractivity contribution in [3.05, 3.63) is 30.1 Å². The van der Waals surface area contributed by atoms with Crippen LogP contribution in [0.2, 0.25) is 0 Å². The summed E-state index contributed by atoms with van der Waals surface area (Å²) in [4.78, 5) is 9.27. The summed E-state index contributed by atoms with van der Waals surface area (Å²) >= 11 is 0. The van der Waals surface area contributed by atoms with Crippen molar-refractivity contribution in [1.82, 2.24) is 14.8 Å². The maximum absolute atomic E-state index is 4.08. The summed E-state index contributed by atoms with van der Waals surface area (Å²) in [7, 11) is 0. The molecule has 0 amide bonds. The number of hydrogen-bond acceptors (Lipinski definition) is 3. The van der Waals surface area contributed by atoms with Gasteiger partial charge in [0.1, 0.15) is 0 Å². The summed E-state index contributed by atoms with van der Waals surface area (Å²) in [6, 6.07) is 4.26. The van der Waals surface area contributed by atoms with Crippen molar-refractivity contribution < 1.29 is 0 Å². The molecule has 2 heterocycles. The average molecular weight is 275 g/mol. The molecule has 0 spiro atoms. The summed E-state index contributed by atoms with van der Waals surface area (Å²) < 4.78 is 0. The second-order valence-electron chi connectivity index (χ2n) is 5.88. The van der Waals surface area contributed by atoms with Gasteiger partial charge in [0.05, 0.1) is 0 Å². The zero-order valence-corrected chi connectivity index (χ0v) is 13.1. The fourth-order valence-corrected chi connectivity index (χ4v) is 3.08. The lowest BCUT2D eigenvalue weighted by Gasteiger charge is -2.34. The number of hydrogen-bond donors (Lipinski definition) is 0. The fourth-order valence-electron chi connectivity index (χ4n) is 3.08. The van der Waals surface area contributed by atoms with E-state index in [4.69, 9.17) is 0 Å². The maximum atomic E-state index is 4.08. The third kappa shape index (κ3) is 4.88. The average Bonchev–Trinajstić information content (AvgIpc) is 2.53. The molecule has 0 bridgehead atoms. The SMILES string of the molecule is CCN(CC)CC1CCN(CCc2ccncc2)CC1. The molecule has 2 rings (SSSR count). The van der Waals surface area contributed by atoms with E-state index in [0.717, 1.165) is 12.3 Å². The standard InChI is InChI=1S/C17H29N3/c1-3-19(4-2)15-17-8-13-20(14-9-17)12-7-16-5-10-18-11-6-16/h5-6,10-11,17H,3-4,7-9,12-15H2,1-2H3. The summed E-state index contributed by atoms with van der Waals surface area (Å²) in [5.41, 5.74) is 1.41. The number of pyridine rings is 1. The Labute approximate surface area is 124 Å². The van der Waals surface area contributed by atoms with E-state index in [1.54, 1.807) is 0 Å². The molecule has 1 aromatic rings. The minimum atomic E-state index is 0.909. The summed E-state index contributed by atoms with van der Waals surface area (Å²) in [5, 5.41) is 0. The van der Waals surface area contributed by atoms with Crippen LogP contribution in [0.15, 0.2) is 24.5 Å². The van der Waals surface area contributed by atoms with Crippen molar-refractivity contribution in [2.45, 2.75) is 33.1 Å². The number of nitrogens with zero attached hydrogens (tertiary/aromatic N) is 3. The Morgan fingerprint density at radius 2 is 1.80 bits per heavy atom. The van der Waals surface area contributed by atoms with Gasteiger partial charge in [-0.15, -0.1) is 0 Å². The van der Waals surface area contributed by atoms with Gasteiger partial charge in [-0.3, -0.25) is 4.98 Å². The van der Waals surface area contributed by atoms with Crippen LogP contribution in [0.3, 0.4) is 0 Å². The molecule has 1 saturated heterocycles. The minimum absolute atomic E-state index is 0.909. The molecule has 1 fully saturated rings. The first-order chi connectivity index (χ1) is 9.81. The first kappa shape index (κ1) is 15.5. The molecule has 0 saturated carbocycles. The first-order valence-corrected chi connectivity index (χ1v) is 8.15. The van der Waals surface area contributed by atoms with E-state index >= 15 is 0 Å². The molecule has 20 heavy (non-hydrogen) atoms. The fraction of sp³-hybridized carbons (Fsp3) is 0.706. The zero-order valence-electron chi connectivity index (χ0n) is 13.1. The third-order valence-electron chi connectivity index (χ3n) is 4.58. The molecule has 1 aromatic heterocycles. The summed E-state index contributed by atoms with van der Waals surface area (Å²) in [6.07, 6.45) is 7.68. The van der Waals surface area contributed by atoms with Crippen LogP contribution in [0.5, 0.6) is 0 Å². The smallest absolute Gasteiger partial charge is 0.0270 e. The molecule has 0 N–H and O–H groups in total. The molecular formula is C17H29N3. The molecule has 0 unspecified atom stereocenters. The van der Waals surface area contributed by atoms with Gasteiger partial charge in [-0.05, 0) is 69.1 Å². The van der Waals surface area contributed by atoms with Crippen LogP contribution in [0.4, 0.5) is 0 Å². The number of rotatable bonds is 7. The van der Waals surface area contributed by atoms with Crippen molar-refractivity contribution >= 4 is 0 Å². The number of aromatic nitrogens is 1. The van der Waals surface area contributed by atoms with E-state index in [2.05, 4.69) is 40.8 Å². The normalized spacial score (nSPS) is 17.8. The van der Waals surface area contributed by atoms with Gasteiger partial charge in [-0.1, -0.05) is 13.8 Å².